The Balaban J connectivity index is 1.97. The zero-order valence-corrected chi connectivity index (χ0v) is 12.9. The van der Waals surface area contributed by atoms with Crippen LogP contribution in [0.3, 0.4) is 0 Å². The van der Waals surface area contributed by atoms with Crippen LogP contribution in [0.15, 0.2) is 42.6 Å². The summed E-state index contributed by atoms with van der Waals surface area (Å²) in [4.78, 5) is 12.7. The first-order chi connectivity index (χ1) is 11.7. The van der Waals surface area contributed by atoms with E-state index in [0.717, 1.165) is 12.3 Å². The Kier molecular flexibility index (Phi) is 4.38. The predicted molar refractivity (Wildman–Crippen MR) is 79.0 cm³/mol. The highest BCUT2D eigenvalue weighted by molar-refractivity contribution is 5.88. The van der Waals surface area contributed by atoms with Gasteiger partial charge in [-0.2, -0.15) is 8.78 Å². The maximum Gasteiger partial charge on any atom is 0.360 e. The van der Waals surface area contributed by atoms with Crippen LogP contribution in [0.25, 0.3) is 0 Å². The van der Waals surface area contributed by atoms with Gasteiger partial charge in [0.2, 0.25) is 0 Å². The van der Waals surface area contributed by atoms with Gasteiger partial charge in [-0.15, -0.1) is 0 Å². The summed E-state index contributed by atoms with van der Waals surface area (Å²) in [5.74, 6) is -6.04. The lowest BCUT2D eigenvalue weighted by molar-refractivity contribution is -0.207. The van der Waals surface area contributed by atoms with Gasteiger partial charge >= 0.3 is 11.8 Å². The minimum atomic E-state index is -4.24. The van der Waals surface area contributed by atoms with E-state index >= 15 is 0 Å². The number of rotatable bonds is 3. The molecule has 25 heavy (non-hydrogen) atoms. The van der Waals surface area contributed by atoms with Crippen molar-refractivity contribution in [2.75, 3.05) is 6.61 Å². The molecule has 0 aliphatic carbocycles. The van der Waals surface area contributed by atoms with E-state index in [9.17, 15) is 28.9 Å². The van der Waals surface area contributed by atoms with E-state index in [0.29, 0.717) is 4.90 Å². The maximum absolute atomic E-state index is 14.7. The Bertz CT molecular complexity index is 684. The lowest BCUT2D eigenvalue weighted by Gasteiger charge is -2.41. The standard InChI is InChI=1S/C16H17F2NO6/c17-16(18)14(23)19(13-12(22)11(21)10(8-20)25-13)7-6-15(16,24)9-4-2-1-3-5-9/h1-7,10-13,20-22,24H,8H2/t10-,11-,12-,13-,15?/m1/s1. The third kappa shape index (κ3) is 2.55. The SMILES string of the molecule is O=C1N([C@@H]2O[C@H](CO)[C@@H](O)[C@H]2O)C=CC(O)(c2ccccc2)C1(F)F. The molecule has 0 saturated carbocycles. The van der Waals surface area contributed by atoms with Crippen LogP contribution >= 0.6 is 0 Å². The van der Waals surface area contributed by atoms with Crippen LogP contribution in [0.2, 0.25) is 0 Å². The molecule has 2 aliphatic heterocycles. The molecule has 2 aliphatic rings. The molecule has 0 aromatic heterocycles. The number of carbonyl (C=O) groups is 1. The number of ether oxygens (including phenoxy) is 1. The Labute approximate surface area is 141 Å². The topological polar surface area (TPSA) is 110 Å². The Morgan fingerprint density at radius 3 is 2.36 bits per heavy atom. The first kappa shape index (κ1) is 17.9. The molecule has 1 fully saturated rings. The molecule has 5 atom stereocenters. The van der Waals surface area contributed by atoms with Gasteiger partial charge in [0, 0.05) is 6.20 Å². The minimum Gasteiger partial charge on any atom is -0.394 e. The van der Waals surface area contributed by atoms with Crippen molar-refractivity contribution < 1.29 is 38.7 Å². The molecule has 1 saturated heterocycles. The summed E-state index contributed by atoms with van der Waals surface area (Å²) in [6, 6.07) is 6.98. The largest absolute Gasteiger partial charge is 0.394 e. The first-order valence-corrected chi connectivity index (χ1v) is 7.54. The third-order valence-corrected chi connectivity index (χ3v) is 4.46. The van der Waals surface area contributed by atoms with Crippen molar-refractivity contribution in [2.45, 2.75) is 36.1 Å². The van der Waals surface area contributed by atoms with Crippen LogP contribution in [0, 0.1) is 0 Å². The van der Waals surface area contributed by atoms with Gasteiger partial charge in [-0.05, 0) is 11.6 Å². The second kappa shape index (κ2) is 6.11. The number of benzene rings is 1. The summed E-state index contributed by atoms with van der Waals surface area (Å²) >= 11 is 0. The summed E-state index contributed by atoms with van der Waals surface area (Å²) in [6.07, 6.45) is -4.44. The van der Waals surface area contributed by atoms with Crippen LogP contribution in [-0.2, 0) is 15.1 Å². The van der Waals surface area contributed by atoms with Crippen molar-refractivity contribution >= 4 is 5.91 Å². The van der Waals surface area contributed by atoms with Crippen molar-refractivity contribution in [1.82, 2.24) is 4.90 Å². The van der Waals surface area contributed by atoms with Gasteiger partial charge in [0.25, 0.3) is 0 Å². The minimum absolute atomic E-state index is 0.176. The molecule has 3 rings (SSSR count). The predicted octanol–water partition coefficient (Wildman–Crippen LogP) is -0.696. The maximum atomic E-state index is 14.7. The number of halogens is 2. The molecule has 1 unspecified atom stereocenters. The van der Waals surface area contributed by atoms with Gasteiger partial charge in [0.05, 0.1) is 6.61 Å². The van der Waals surface area contributed by atoms with E-state index in [1.54, 1.807) is 6.07 Å². The van der Waals surface area contributed by atoms with E-state index in [4.69, 9.17) is 9.84 Å². The number of aliphatic hydroxyl groups is 4. The van der Waals surface area contributed by atoms with Gasteiger partial charge in [-0.3, -0.25) is 9.69 Å². The fraction of sp³-hybridized carbons (Fsp3) is 0.438. The molecule has 136 valence electrons. The molecular weight excluding hydrogens is 340 g/mol. The number of amides is 1. The van der Waals surface area contributed by atoms with Crippen LogP contribution in [0.5, 0.6) is 0 Å². The van der Waals surface area contributed by atoms with Gasteiger partial charge in [-0.25, -0.2) is 0 Å². The van der Waals surface area contributed by atoms with Crippen molar-refractivity contribution in [3.8, 4) is 0 Å². The molecule has 4 N–H and O–H groups in total. The molecule has 0 bridgehead atoms. The molecule has 0 spiro atoms. The Hall–Kier alpha value is -1.91. The molecule has 2 heterocycles. The Morgan fingerprint density at radius 2 is 1.80 bits per heavy atom. The lowest BCUT2D eigenvalue weighted by Crippen LogP contribution is -2.60. The fourth-order valence-corrected chi connectivity index (χ4v) is 2.97. The summed E-state index contributed by atoms with van der Waals surface area (Å²) in [5.41, 5.74) is -3.04. The number of hydrogen-bond acceptors (Lipinski definition) is 6. The highest BCUT2D eigenvalue weighted by Gasteiger charge is 2.63. The second-order valence-electron chi connectivity index (χ2n) is 5.96. The summed E-state index contributed by atoms with van der Waals surface area (Å²) < 4.78 is 34.5. The normalized spacial score (nSPS) is 37.5. The van der Waals surface area contributed by atoms with E-state index in [-0.39, 0.29) is 5.56 Å². The second-order valence-corrected chi connectivity index (χ2v) is 5.96. The number of aliphatic hydroxyl groups excluding tert-OH is 3. The van der Waals surface area contributed by atoms with E-state index in [2.05, 4.69) is 0 Å². The highest BCUT2D eigenvalue weighted by Crippen LogP contribution is 2.44. The van der Waals surface area contributed by atoms with Gasteiger partial charge in [0.15, 0.2) is 11.8 Å². The van der Waals surface area contributed by atoms with Crippen LogP contribution in [0.1, 0.15) is 5.56 Å². The highest BCUT2D eigenvalue weighted by atomic mass is 19.3. The molecule has 0 radical (unpaired) electrons. The zero-order chi connectivity index (χ0) is 18.4. The molecule has 1 amide bonds. The zero-order valence-electron chi connectivity index (χ0n) is 12.9. The summed E-state index contributed by atoms with van der Waals surface area (Å²) in [6.45, 7) is -0.662. The number of nitrogens with zero attached hydrogens (tertiary/aromatic N) is 1. The average Bonchev–Trinajstić information content (AvgIpc) is 2.89. The quantitative estimate of drug-likeness (QED) is 0.570. The third-order valence-electron chi connectivity index (χ3n) is 4.46. The first-order valence-electron chi connectivity index (χ1n) is 7.54. The van der Waals surface area contributed by atoms with Crippen molar-refractivity contribution in [3.63, 3.8) is 0 Å². The van der Waals surface area contributed by atoms with Gasteiger partial charge in [0.1, 0.15) is 18.3 Å². The van der Waals surface area contributed by atoms with Crippen molar-refractivity contribution in [3.05, 3.63) is 48.2 Å². The molecule has 9 heteroatoms. The van der Waals surface area contributed by atoms with Gasteiger partial charge < -0.3 is 25.2 Å². The van der Waals surface area contributed by atoms with E-state index in [1.807, 2.05) is 0 Å². The number of alkyl halides is 2. The van der Waals surface area contributed by atoms with E-state index < -0.39 is 48.6 Å². The molecule has 1 aromatic carbocycles. The number of carbonyl (C=O) groups excluding carboxylic acids is 1. The summed E-state index contributed by atoms with van der Waals surface area (Å²) in [5, 5.41) is 39.2. The average molecular weight is 357 g/mol. The van der Waals surface area contributed by atoms with Crippen LogP contribution in [-0.4, -0.2) is 68.3 Å². The Morgan fingerprint density at radius 1 is 1.16 bits per heavy atom. The fourth-order valence-electron chi connectivity index (χ4n) is 2.97. The van der Waals surface area contributed by atoms with Gasteiger partial charge in [-0.1, -0.05) is 30.3 Å². The lowest BCUT2D eigenvalue weighted by atomic mass is 9.84. The smallest absolute Gasteiger partial charge is 0.360 e. The summed E-state index contributed by atoms with van der Waals surface area (Å²) in [7, 11) is 0. The molecule has 1 aromatic rings. The monoisotopic (exact) mass is 357 g/mol. The van der Waals surface area contributed by atoms with Crippen LogP contribution < -0.4 is 0 Å². The molecular formula is C16H17F2NO6. The number of hydrogen-bond donors (Lipinski definition) is 4. The molecule has 7 nitrogen and oxygen atoms in total. The van der Waals surface area contributed by atoms with Crippen molar-refractivity contribution in [2.24, 2.45) is 0 Å². The van der Waals surface area contributed by atoms with E-state index in [1.165, 1.54) is 24.3 Å². The van der Waals surface area contributed by atoms with Crippen LogP contribution in [0.4, 0.5) is 8.78 Å². The van der Waals surface area contributed by atoms with Crippen molar-refractivity contribution in [1.29, 1.82) is 0 Å².